The molecule has 24 heavy (non-hydrogen) atoms. The Labute approximate surface area is 147 Å². The van der Waals surface area contributed by atoms with Crippen molar-refractivity contribution in [3.8, 4) is 0 Å². The summed E-state index contributed by atoms with van der Waals surface area (Å²) in [6.07, 6.45) is 1.06. The van der Waals surface area contributed by atoms with Crippen molar-refractivity contribution in [3.05, 3.63) is 64.7 Å². The van der Waals surface area contributed by atoms with E-state index < -0.39 is 10.0 Å². The Morgan fingerprint density at radius 2 is 1.83 bits per heavy atom. The summed E-state index contributed by atoms with van der Waals surface area (Å²) in [6.45, 7) is 1.90. The van der Waals surface area contributed by atoms with Gasteiger partial charge in [0, 0.05) is 23.3 Å². The molecule has 0 aromatic heterocycles. The molecule has 0 aliphatic heterocycles. The van der Waals surface area contributed by atoms with Gasteiger partial charge in [0.1, 0.15) is 0 Å². The minimum Gasteiger partial charge on any atom is -0.335 e. The topological polar surface area (TPSA) is 66.5 Å². The highest BCUT2D eigenvalue weighted by Gasteiger charge is 2.19. The summed E-state index contributed by atoms with van der Waals surface area (Å²) in [5.41, 5.74) is 1.68. The van der Waals surface area contributed by atoms with Gasteiger partial charge in [0.05, 0.1) is 12.3 Å². The maximum absolute atomic E-state index is 12.7. The smallest absolute Gasteiger partial charge is 0.254 e. The van der Waals surface area contributed by atoms with Crippen LogP contribution in [-0.4, -0.2) is 32.5 Å². The van der Waals surface area contributed by atoms with E-state index in [1.165, 1.54) is 6.07 Å². The van der Waals surface area contributed by atoms with Gasteiger partial charge in [-0.05, 0) is 42.8 Å². The van der Waals surface area contributed by atoms with E-state index in [1.807, 2.05) is 25.1 Å². The zero-order valence-electron chi connectivity index (χ0n) is 13.7. The number of hydrogen-bond donors (Lipinski definition) is 1. The van der Waals surface area contributed by atoms with E-state index in [-0.39, 0.29) is 11.9 Å². The van der Waals surface area contributed by atoms with Gasteiger partial charge in [-0.3, -0.25) is 9.52 Å². The number of anilines is 1. The Balaban J connectivity index is 2.23. The van der Waals surface area contributed by atoms with Gasteiger partial charge in [-0.25, -0.2) is 8.42 Å². The van der Waals surface area contributed by atoms with Crippen LogP contribution in [0.4, 0.5) is 5.69 Å². The summed E-state index contributed by atoms with van der Waals surface area (Å²) >= 11 is 6.00. The fourth-order valence-electron chi connectivity index (χ4n) is 2.30. The van der Waals surface area contributed by atoms with E-state index in [2.05, 4.69) is 4.72 Å². The van der Waals surface area contributed by atoms with Crippen molar-refractivity contribution in [1.29, 1.82) is 0 Å². The summed E-state index contributed by atoms with van der Waals surface area (Å²) in [7, 11) is -1.69. The van der Waals surface area contributed by atoms with Gasteiger partial charge in [0.25, 0.3) is 5.91 Å². The summed E-state index contributed by atoms with van der Waals surface area (Å²) < 4.78 is 25.0. The molecule has 0 heterocycles. The molecule has 1 N–H and O–H groups in total. The minimum atomic E-state index is -3.39. The lowest BCUT2D eigenvalue weighted by Crippen LogP contribution is -2.29. The number of nitrogens with one attached hydrogen (secondary N) is 1. The minimum absolute atomic E-state index is 0.178. The Morgan fingerprint density at radius 3 is 2.46 bits per heavy atom. The van der Waals surface area contributed by atoms with Gasteiger partial charge in [-0.15, -0.1) is 0 Å². The highest BCUT2D eigenvalue weighted by atomic mass is 35.5. The predicted octanol–water partition coefficient (Wildman–Crippen LogP) is 3.54. The Hall–Kier alpha value is -2.05. The highest BCUT2D eigenvalue weighted by Crippen LogP contribution is 2.24. The Bertz CT molecular complexity index is 852. The maximum atomic E-state index is 12.7. The number of nitrogens with zero attached hydrogens (tertiary/aromatic N) is 1. The first-order valence-corrected chi connectivity index (χ1v) is 9.55. The molecule has 128 valence electrons. The quantitative estimate of drug-likeness (QED) is 0.880. The van der Waals surface area contributed by atoms with Crippen LogP contribution in [0.3, 0.4) is 0 Å². The molecule has 0 aliphatic carbocycles. The first kappa shape index (κ1) is 18.3. The lowest BCUT2D eigenvalue weighted by Gasteiger charge is -2.25. The largest absolute Gasteiger partial charge is 0.335 e. The Morgan fingerprint density at radius 1 is 1.17 bits per heavy atom. The number of halogens is 1. The highest BCUT2D eigenvalue weighted by molar-refractivity contribution is 7.92. The molecule has 0 fully saturated rings. The van der Waals surface area contributed by atoms with Gasteiger partial charge >= 0.3 is 0 Å². The molecule has 0 bridgehead atoms. The van der Waals surface area contributed by atoms with Gasteiger partial charge in [-0.1, -0.05) is 29.8 Å². The third-order valence-corrected chi connectivity index (χ3v) is 4.49. The molecule has 2 aromatic rings. The summed E-state index contributed by atoms with van der Waals surface area (Å²) in [5, 5.41) is 0.611. The average Bonchev–Trinajstić information content (AvgIpc) is 2.51. The standard InChI is InChI=1S/C17H19ClN2O3S/c1-12(13-6-4-8-15(18)10-13)20(2)17(21)14-7-5-9-16(11-14)19-24(3,22)23/h4-12,19H,1-3H3. The van der Waals surface area contributed by atoms with Crippen LogP contribution in [0.1, 0.15) is 28.9 Å². The van der Waals surface area contributed by atoms with Crippen LogP contribution in [0.25, 0.3) is 0 Å². The van der Waals surface area contributed by atoms with E-state index in [4.69, 9.17) is 11.6 Å². The molecule has 5 nitrogen and oxygen atoms in total. The number of rotatable bonds is 5. The monoisotopic (exact) mass is 366 g/mol. The fourth-order valence-corrected chi connectivity index (χ4v) is 3.05. The molecule has 0 spiro atoms. The van der Waals surface area contributed by atoms with Crippen molar-refractivity contribution in [2.75, 3.05) is 18.0 Å². The molecule has 0 saturated heterocycles. The van der Waals surface area contributed by atoms with Crippen LogP contribution in [0.2, 0.25) is 5.02 Å². The van der Waals surface area contributed by atoms with Crippen LogP contribution < -0.4 is 4.72 Å². The number of carbonyl (C=O) groups excluding carboxylic acids is 1. The summed E-state index contributed by atoms with van der Waals surface area (Å²) in [4.78, 5) is 14.3. The molecule has 2 rings (SSSR count). The van der Waals surface area contributed by atoms with Gasteiger partial charge < -0.3 is 4.90 Å². The van der Waals surface area contributed by atoms with Crippen molar-refractivity contribution in [2.24, 2.45) is 0 Å². The van der Waals surface area contributed by atoms with Crippen LogP contribution in [0.15, 0.2) is 48.5 Å². The first-order chi connectivity index (χ1) is 11.2. The normalized spacial score (nSPS) is 12.5. The van der Waals surface area contributed by atoms with Crippen molar-refractivity contribution < 1.29 is 13.2 Å². The maximum Gasteiger partial charge on any atom is 0.254 e. The van der Waals surface area contributed by atoms with Crippen molar-refractivity contribution in [2.45, 2.75) is 13.0 Å². The van der Waals surface area contributed by atoms with Gasteiger partial charge in [-0.2, -0.15) is 0 Å². The second kappa shape index (κ2) is 7.23. The third kappa shape index (κ3) is 4.72. The number of carbonyl (C=O) groups is 1. The van der Waals surface area contributed by atoms with Crippen molar-refractivity contribution in [3.63, 3.8) is 0 Å². The number of benzene rings is 2. The zero-order chi connectivity index (χ0) is 17.9. The number of sulfonamides is 1. The second-order valence-electron chi connectivity index (χ2n) is 5.60. The molecule has 1 atom stereocenters. The molecule has 1 amide bonds. The second-order valence-corrected chi connectivity index (χ2v) is 7.79. The Kier molecular flexibility index (Phi) is 5.51. The van der Waals surface area contributed by atoms with E-state index in [9.17, 15) is 13.2 Å². The first-order valence-electron chi connectivity index (χ1n) is 7.28. The summed E-state index contributed by atoms with van der Waals surface area (Å²) in [6, 6.07) is 13.6. The van der Waals surface area contributed by atoms with Crippen molar-refractivity contribution in [1.82, 2.24) is 4.90 Å². The lowest BCUT2D eigenvalue weighted by molar-refractivity contribution is 0.0742. The fraction of sp³-hybridized carbons (Fsp3) is 0.235. The number of amides is 1. The average molecular weight is 367 g/mol. The van der Waals surface area contributed by atoms with Crippen LogP contribution in [-0.2, 0) is 10.0 Å². The van der Waals surface area contributed by atoms with E-state index in [1.54, 1.807) is 36.2 Å². The van der Waals surface area contributed by atoms with E-state index in [0.29, 0.717) is 16.3 Å². The lowest BCUT2D eigenvalue weighted by atomic mass is 10.1. The molecule has 7 heteroatoms. The van der Waals surface area contributed by atoms with Crippen molar-refractivity contribution >= 4 is 33.2 Å². The molecule has 2 aromatic carbocycles. The van der Waals surface area contributed by atoms with Crippen LogP contribution in [0, 0.1) is 0 Å². The van der Waals surface area contributed by atoms with Crippen LogP contribution >= 0.6 is 11.6 Å². The molecule has 0 aliphatic rings. The molecular formula is C17H19ClN2O3S. The molecule has 0 saturated carbocycles. The molecule has 0 radical (unpaired) electrons. The predicted molar refractivity (Wildman–Crippen MR) is 96.9 cm³/mol. The molecule has 1 unspecified atom stereocenters. The third-order valence-electron chi connectivity index (χ3n) is 3.65. The number of hydrogen-bond acceptors (Lipinski definition) is 3. The molecular weight excluding hydrogens is 348 g/mol. The van der Waals surface area contributed by atoms with E-state index >= 15 is 0 Å². The van der Waals surface area contributed by atoms with E-state index in [0.717, 1.165) is 11.8 Å². The van der Waals surface area contributed by atoms with Crippen LogP contribution in [0.5, 0.6) is 0 Å². The summed E-state index contributed by atoms with van der Waals surface area (Å²) in [5.74, 6) is -0.209. The zero-order valence-corrected chi connectivity index (χ0v) is 15.2. The van der Waals surface area contributed by atoms with Gasteiger partial charge in [0.2, 0.25) is 10.0 Å². The van der Waals surface area contributed by atoms with Gasteiger partial charge in [0.15, 0.2) is 0 Å². The SMILES string of the molecule is CC(c1cccc(Cl)c1)N(C)C(=O)c1cccc(NS(C)(=O)=O)c1.